The molecule has 1 atom stereocenters. The second-order valence-corrected chi connectivity index (χ2v) is 8.64. The molecule has 148 valence electrons. The molecule has 4 rings (SSSR count). The van der Waals surface area contributed by atoms with E-state index in [1.165, 1.54) is 16.8 Å². The molecule has 10 heteroatoms. The molecule has 9 nitrogen and oxygen atoms in total. The van der Waals surface area contributed by atoms with Gasteiger partial charge in [0.1, 0.15) is 5.75 Å². The zero-order chi connectivity index (χ0) is 19.7. The Morgan fingerprint density at radius 3 is 2.79 bits per heavy atom. The monoisotopic (exact) mass is 403 g/mol. The van der Waals surface area contributed by atoms with E-state index in [1.54, 1.807) is 11.6 Å². The van der Waals surface area contributed by atoms with E-state index in [4.69, 9.17) is 9.26 Å². The summed E-state index contributed by atoms with van der Waals surface area (Å²) in [7, 11) is -1.99. The normalized spacial score (nSPS) is 17.9. The zero-order valence-corrected chi connectivity index (χ0v) is 16.5. The third-order valence-corrected chi connectivity index (χ3v) is 6.42. The number of rotatable bonds is 6. The van der Waals surface area contributed by atoms with Gasteiger partial charge in [-0.25, -0.2) is 13.4 Å². The van der Waals surface area contributed by atoms with E-state index in [0.29, 0.717) is 30.4 Å². The number of imidazole rings is 1. The van der Waals surface area contributed by atoms with Crippen molar-refractivity contribution in [2.45, 2.75) is 37.4 Å². The summed E-state index contributed by atoms with van der Waals surface area (Å²) < 4.78 is 39.7. The summed E-state index contributed by atoms with van der Waals surface area (Å²) in [5.74, 6) is 1.35. The lowest BCUT2D eigenvalue weighted by Gasteiger charge is -2.20. The fourth-order valence-electron chi connectivity index (χ4n) is 3.17. The predicted octanol–water partition coefficient (Wildman–Crippen LogP) is 2.22. The minimum absolute atomic E-state index is 0.0216. The van der Waals surface area contributed by atoms with Crippen LogP contribution >= 0.6 is 0 Å². The summed E-state index contributed by atoms with van der Waals surface area (Å²) in [4.78, 5) is 8.34. The second-order valence-electron chi connectivity index (χ2n) is 6.80. The van der Waals surface area contributed by atoms with Gasteiger partial charge in [0.25, 0.3) is 15.9 Å². The molecular formula is C18H21N5O4S. The largest absolute Gasteiger partial charge is 0.484 e. The molecule has 3 aromatic rings. The van der Waals surface area contributed by atoms with Crippen molar-refractivity contribution in [1.82, 2.24) is 24.0 Å². The van der Waals surface area contributed by atoms with Crippen LogP contribution in [-0.2, 0) is 23.7 Å². The van der Waals surface area contributed by atoms with Crippen molar-refractivity contribution in [3.05, 3.63) is 54.1 Å². The van der Waals surface area contributed by atoms with Gasteiger partial charge in [-0.15, -0.1) is 0 Å². The van der Waals surface area contributed by atoms with Gasteiger partial charge in [-0.1, -0.05) is 22.9 Å². The lowest BCUT2D eigenvalue weighted by atomic mass is 10.2. The maximum Gasteiger partial charge on any atom is 0.264 e. The Balaban J connectivity index is 1.48. The smallest absolute Gasteiger partial charge is 0.264 e. The lowest BCUT2D eigenvalue weighted by molar-refractivity contribution is 0.241. The number of ether oxygens (including phenoxy) is 1. The minimum atomic E-state index is -3.72. The van der Waals surface area contributed by atoms with Crippen LogP contribution in [-0.4, -0.2) is 39.0 Å². The molecule has 0 radical (unpaired) electrons. The van der Waals surface area contributed by atoms with Crippen molar-refractivity contribution in [2.24, 2.45) is 7.05 Å². The highest BCUT2D eigenvalue weighted by atomic mass is 32.2. The van der Waals surface area contributed by atoms with Gasteiger partial charge in [0, 0.05) is 19.8 Å². The first-order valence-corrected chi connectivity index (χ1v) is 10.4. The highest BCUT2D eigenvalue weighted by molar-refractivity contribution is 7.89. The molecule has 0 spiro atoms. The molecule has 3 heterocycles. The first-order chi connectivity index (χ1) is 13.4. The zero-order valence-electron chi connectivity index (χ0n) is 15.6. The van der Waals surface area contributed by atoms with Crippen LogP contribution in [0.25, 0.3) is 0 Å². The SMILES string of the molecule is Cc1ccc(OCc2nc(C3CCCN3S(=O)(=O)c3cn(C)cn3)no2)cc1. The van der Waals surface area contributed by atoms with Gasteiger partial charge in [-0.3, -0.25) is 0 Å². The van der Waals surface area contributed by atoms with Crippen molar-refractivity contribution in [2.75, 3.05) is 6.54 Å². The molecule has 1 aliphatic heterocycles. The van der Waals surface area contributed by atoms with Crippen molar-refractivity contribution < 1.29 is 17.7 Å². The predicted molar refractivity (Wildman–Crippen MR) is 98.9 cm³/mol. The number of aromatic nitrogens is 4. The van der Waals surface area contributed by atoms with Gasteiger partial charge in [0.2, 0.25) is 0 Å². The molecule has 0 saturated carbocycles. The van der Waals surface area contributed by atoms with Crippen molar-refractivity contribution in [1.29, 1.82) is 0 Å². The van der Waals surface area contributed by atoms with E-state index in [2.05, 4.69) is 15.1 Å². The summed E-state index contributed by atoms with van der Waals surface area (Å²) in [6, 6.07) is 7.17. The molecule has 0 N–H and O–H groups in total. The van der Waals surface area contributed by atoms with Crippen LogP contribution in [0.1, 0.15) is 36.2 Å². The average molecular weight is 403 g/mol. The molecule has 1 aliphatic rings. The van der Waals surface area contributed by atoms with Crippen LogP contribution in [0.5, 0.6) is 5.75 Å². The Labute approximate surface area is 163 Å². The topological polar surface area (TPSA) is 103 Å². The van der Waals surface area contributed by atoms with Gasteiger partial charge in [-0.05, 0) is 31.9 Å². The Morgan fingerprint density at radius 2 is 2.07 bits per heavy atom. The van der Waals surface area contributed by atoms with E-state index < -0.39 is 16.1 Å². The molecule has 0 amide bonds. The Kier molecular flexibility index (Phi) is 4.90. The van der Waals surface area contributed by atoms with Crippen molar-refractivity contribution in [3.63, 3.8) is 0 Å². The molecule has 2 aromatic heterocycles. The Hall–Kier alpha value is -2.72. The number of benzene rings is 1. The molecule has 0 aliphatic carbocycles. The summed E-state index contributed by atoms with van der Waals surface area (Å²) in [6.07, 6.45) is 4.30. The third-order valence-electron chi connectivity index (χ3n) is 4.62. The Bertz CT molecular complexity index is 1060. The van der Waals surface area contributed by atoms with E-state index in [0.717, 1.165) is 12.0 Å². The molecule has 1 aromatic carbocycles. The van der Waals surface area contributed by atoms with E-state index in [9.17, 15) is 8.42 Å². The highest BCUT2D eigenvalue weighted by Crippen LogP contribution is 2.34. The van der Waals surface area contributed by atoms with Crippen molar-refractivity contribution >= 4 is 10.0 Å². The average Bonchev–Trinajstić information content (AvgIpc) is 3.41. The van der Waals surface area contributed by atoms with Crippen LogP contribution < -0.4 is 4.74 Å². The number of nitrogens with zero attached hydrogens (tertiary/aromatic N) is 5. The van der Waals surface area contributed by atoms with Crippen LogP contribution in [0.2, 0.25) is 0 Å². The Morgan fingerprint density at radius 1 is 1.29 bits per heavy atom. The third kappa shape index (κ3) is 3.65. The second kappa shape index (κ2) is 7.36. The molecule has 1 fully saturated rings. The number of hydrogen-bond acceptors (Lipinski definition) is 7. The van der Waals surface area contributed by atoms with Gasteiger partial charge >= 0.3 is 0 Å². The first kappa shape index (κ1) is 18.6. The summed E-state index contributed by atoms with van der Waals surface area (Å²) in [5, 5.41) is 4.01. The number of sulfonamides is 1. The van der Waals surface area contributed by atoms with Gasteiger partial charge in [-0.2, -0.15) is 9.29 Å². The molecule has 1 unspecified atom stereocenters. The number of aryl methyl sites for hydroxylation is 2. The maximum atomic E-state index is 12.9. The van der Waals surface area contributed by atoms with Crippen LogP contribution in [0.15, 0.2) is 46.3 Å². The van der Waals surface area contributed by atoms with Crippen molar-refractivity contribution in [3.8, 4) is 5.75 Å². The lowest BCUT2D eigenvalue weighted by Crippen LogP contribution is -2.31. The maximum absolute atomic E-state index is 12.9. The van der Waals surface area contributed by atoms with Crippen LogP contribution in [0.3, 0.4) is 0 Å². The molecule has 0 bridgehead atoms. The fraction of sp³-hybridized carbons (Fsp3) is 0.389. The van der Waals surface area contributed by atoms with E-state index in [1.807, 2.05) is 31.2 Å². The van der Waals surface area contributed by atoms with Gasteiger partial charge in [0.15, 0.2) is 17.5 Å². The summed E-state index contributed by atoms with van der Waals surface area (Å²) in [6.45, 7) is 2.52. The quantitative estimate of drug-likeness (QED) is 0.621. The first-order valence-electron chi connectivity index (χ1n) is 8.95. The van der Waals surface area contributed by atoms with Crippen LogP contribution in [0.4, 0.5) is 0 Å². The van der Waals surface area contributed by atoms with E-state index in [-0.39, 0.29) is 11.6 Å². The fourth-order valence-corrected chi connectivity index (χ4v) is 4.79. The van der Waals surface area contributed by atoms with Gasteiger partial charge < -0.3 is 13.8 Å². The van der Waals surface area contributed by atoms with Crippen LogP contribution in [0, 0.1) is 6.92 Å². The minimum Gasteiger partial charge on any atom is -0.484 e. The molecule has 1 saturated heterocycles. The van der Waals surface area contributed by atoms with E-state index >= 15 is 0 Å². The summed E-state index contributed by atoms with van der Waals surface area (Å²) >= 11 is 0. The summed E-state index contributed by atoms with van der Waals surface area (Å²) in [5.41, 5.74) is 1.14. The van der Waals surface area contributed by atoms with Gasteiger partial charge in [0.05, 0.1) is 12.4 Å². The highest BCUT2D eigenvalue weighted by Gasteiger charge is 2.39. The number of hydrogen-bond donors (Lipinski definition) is 0. The standard InChI is InChI=1S/C18H21N5O4S/c1-13-5-7-14(8-6-13)26-11-16-20-18(21-27-16)15-4-3-9-23(15)28(24,25)17-10-22(2)12-19-17/h5-8,10,12,15H,3-4,9,11H2,1-2H3. The molecule has 28 heavy (non-hydrogen) atoms. The molecular weight excluding hydrogens is 382 g/mol.